The smallest absolute Gasteiger partial charge is 0.142 e. The van der Waals surface area contributed by atoms with Gasteiger partial charge in [-0.3, -0.25) is 9.88 Å². The number of aromatic nitrogens is 1. The highest BCUT2D eigenvalue weighted by atomic mass is 19.1. The molecule has 1 saturated heterocycles. The van der Waals surface area contributed by atoms with E-state index in [1.807, 2.05) is 12.1 Å². The van der Waals surface area contributed by atoms with E-state index in [1.54, 1.807) is 6.20 Å². The summed E-state index contributed by atoms with van der Waals surface area (Å²) < 4.78 is 13.5. The molecule has 2 aromatic rings. The molecule has 0 unspecified atom stereocenters. The Bertz CT molecular complexity index is 803. The lowest BCUT2D eigenvalue weighted by molar-refractivity contribution is 0.0820. The molecular weight excluding hydrogens is 303 g/mol. The fourth-order valence-electron chi connectivity index (χ4n) is 3.94. The zero-order chi connectivity index (χ0) is 16.7. The minimum Gasteiger partial charge on any atom is -0.386 e. The first-order valence-corrected chi connectivity index (χ1v) is 8.41. The number of amidine groups is 1. The molecule has 2 aliphatic heterocycles. The molecule has 0 aliphatic carbocycles. The number of rotatable bonds is 2. The van der Waals surface area contributed by atoms with E-state index in [1.165, 1.54) is 25.1 Å². The van der Waals surface area contributed by atoms with Crippen LogP contribution in [-0.4, -0.2) is 28.3 Å². The van der Waals surface area contributed by atoms with Crippen LogP contribution in [-0.2, 0) is 5.66 Å². The molecule has 124 valence electrons. The van der Waals surface area contributed by atoms with E-state index in [0.29, 0.717) is 0 Å². The van der Waals surface area contributed by atoms with Gasteiger partial charge in [0.25, 0.3) is 0 Å². The maximum Gasteiger partial charge on any atom is 0.142 e. The number of halogens is 1. The van der Waals surface area contributed by atoms with Gasteiger partial charge < -0.3 is 5.73 Å². The van der Waals surface area contributed by atoms with Gasteiger partial charge in [0.15, 0.2) is 0 Å². The van der Waals surface area contributed by atoms with Gasteiger partial charge in [-0.2, -0.15) is 0 Å². The fraction of sp³-hybridized carbons (Fsp3) is 0.368. The summed E-state index contributed by atoms with van der Waals surface area (Å²) in [6, 6.07) is 9.85. The summed E-state index contributed by atoms with van der Waals surface area (Å²) in [5.41, 5.74) is 8.56. The third-order valence-corrected chi connectivity index (χ3v) is 5.20. The van der Waals surface area contributed by atoms with Crippen molar-refractivity contribution in [1.82, 2.24) is 9.88 Å². The minimum absolute atomic E-state index is 0.239. The highest BCUT2D eigenvalue weighted by Crippen LogP contribution is 2.40. The summed E-state index contributed by atoms with van der Waals surface area (Å²) in [5.74, 6) is 0.401. The van der Waals surface area contributed by atoms with Crippen molar-refractivity contribution in [2.75, 3.05) is 6.54 Å². The number of aliphatic imine (C=N–C) groups is 1. The zero-order valence-electron chi connectivity index (χ0n) is 13.7. The molecule has 5 heteroatoms. The summed E-state index contributed by atoms with van der Waals surface area (Å²) in [6.07, 6.45) is 6.33. The van der Waals surface area contributed by atoms with Crippen LogP contribution >= 0.6 is 0 Å². The van der Waals surface area contributed by atoms with Crippen LogP contribution in [0.3, 0.4) is 0 Å². The number of fused-ring (bicyclic) bond motifs is 1. The van der Waals surface area contributed by atoms with Crippen molar-refractivity contribution < 1.29 is 4.39 Å². The number of hydrogen-bond acceptors (Lipinski definition) is 4. The van der Waals surface area contributed by atoms with Gasteiger partial charge in [-0.05, 0) is 43.0 Å². The number of nitrogens with two attached hydrogens (primary N) is 1. The van der Waals surface area contributed by atoms with Crippen LogP contribution in [0.5, 0.6) is 0 Å². The Hall–Kier alpha value is -2.27. The Morgan fingerprint density at radius 1 is 1.21 bits per heavy atom. The molecule has 2 aliphatic rings. The SMILES string of the molecule is C[C@]1(c2cccc(-c3cncc(F)c3)c2)N=C(N)[C@@H]2CCCCN21. The molecule has 1 aromatic carbocycles. The van der Waals surface area contributed by atoms with E-state index < -0.39 is 5.66 Å². The standard InChI is InChI=1S/C19H21FN4/c1-19(23-18(21)17-7-2-3-8-24(17)19)15-6-4-5-13(9-15)14-10-16(20)12-22-11-14/h4-6,9-12,17H,2-3,7-8H2,1H3,(H2,21,23)/t17-,19-/m0/s1. The molecule has 0 spiro atoms. The summed E-state index contributed by atoms with van der Waals surface area (Å²) in [7, 11) is 0. The predicted octanol–water partition coefficient (Wildman–Crippen LogP) is 3.29. The maximum absolute atomic E-state index is 13.5. The van der Waals surface area contributed by atoms with E-state index >= 15 is 0 Å². The van der Waals surface area contributed by atoms with Crippen LogP contribution < -0.4 is 5.73 Å². The number of nitrogens with zero attached hydrogens (tertiary/aromatic N) is 3. The monoisotopic (exact) mass is 324 g/mol. The number of pyridine rings is 1. The van der Waals surface area contributed by atoms with Crippen molar-refractivity contribution in [3.8, 4) is 11.1 Å². The maximum atomic E-state index is 13.5. The second-order valence-corrected chi connectivity index (χ2v) is 6.74. The van der Waals surface area contributed by atoms with Crippen molar-refractivity contribution in [3.63, 3.8) is 0 Å². The van der Waals surface area contributed by atoms with E-state index in [-0.39, 0.29) is 11.9 Å². The Labute approximate surface area is 141 Å². The van der Waals surface area contributed by atoms with Gasteiger partial charge >= 0.3 is 0 Å². The average molecular weight is 324 g/mol. The number of piperidine rings is 1. The quantitative estimate of drug-likeness (QED) is 0.922. The van der Waals surface area contributed by atoms with E-state index in [2.05, 4.69) is 28.9 Å². The molecule has 2 atom stereocenters. The Morgan fingerprint density at radius 3 is 2.92 bits per heavy atom. The molecule has 24 heavy (non-hydrogen) atoms. The van der Waals surface area contributed by atoms with E-state index in [0.717, 1.165) is 35.5 Å². The molecule has 0 saturated carbocycles. The first-order valence-electron chi connectivity index (χ1n) is 8.41. The van der Waals surface area contributed by atoms with Gasteiger partial charge in [0.2, 0.25) is 0 Å². The Kier molecular flexibility index (Phi) is 3.61. The van der Waals surface area contributed by atoms with Crippen LogP contribution in [0.4, 0.5) is 4.39 Å². The second-order valence-electron chi connectivity index (χ2n) is 6.74. The molecule has 0 amide bonds. The molecule has 4 rings (SSSR count). The topological polar surface area (TPSA) is 54.5 Å². The van der Waals surface area contributed by atoms with Crippen molar-refractivity contribution in [2.24, 2.45) is 10.7 Å². The van der Waals surface area contributed by atoms with Crippen molar-refractivity contribution in [2.45, 2.75) is 37.9 Å². The van der Waals surface area contributed by atoms with Gasteiger partial charge in [0.05, 0.1) is 12.2 Å². The molecule has 2 N–H and O–H groups in total. The van der Waals surface area contributed by atoms with Crippen LogP contribution in [0, 0.1) is 5.82 Å². The molecule has 0 radical (unpaired) electrons. The lowest BCUT2D eigenvalue weighted by Gasteiger charge is -2.39. The van der Waals surface area contributed by atoms with E-state index in [9.17, 15) is 4.39 Å². The van der Waals surface area contributed by atoms with Crippen LogP contribution in [0.25, 0.3) is 11.1 Å². The predicted molar refractivity (Wildman–Crippen MR) is 93.0 cm³/mol. The normalized spacial score (nSPS) is 26.9. The van der Waals surface area contributed by atoms with E-state index in [4.69, 9.17) is 10.7 Å². The fourth-order valence-corrected chi connectivity index (χ4v) is 3.94. The number of benzene rings is 1. The van der Waals surface area contributed by atoms with Crippen molar-refractivity contribution in [1.29, 1.82) is 0 Å². The lowest BCUT2D eigenvalue weighted by atomic mass is 9.93. The lowest BCUT2D eigenvalue weighted by Crippen LogP contribution is -2.49. The van der Waals surface area contributed by atoms with Crippen LogP contribution in [0.2, 0.25) is 0 Å². The summed E-state index contributed by atoms with van der Waals surface area (Å²) in [4.78, 5) is 11.2. The van der Waals surface area contributed by atoms with Gasteiger partial charge in [0.1, 0.15) is 17.3 Å². The van der Waals surface area contributed by atoms with Crippen molar-refractivity contribution >= 4 is 5.84 Å². The Morgan fingerprint density at radius 2 is 2.08 bits per heavy atom. The third kappa shape index (κ3) is 2.40. The summed E-state index contributed by atoms with van der Waals surface area (Å²) in [6.45, 7) is 3.12. The highest BCUT2D eigenvalue weighted by Gasteiger charge is 2.45. The van der Waals surface area contributed by atoms with Crippen LogP contribution in [0.15, 0.2) is 47.7 Å². The molecule has 1 fully saturated rings. The summed E-state index contributed by atoms with van der Waals surface area (Å²) >= 11 is 0. The molecule has 1 aromatic heterocycles. The molecular formula is C19H21FN4. The zero-order valence-corrected chi connectivity index (χ0v) is 13.7. The first-order chi connectivity index (χ1) is 11.6. The van der Waals surface area contributed by atoms with Gasteiger partial charge in [-0.1, -0.05) is 24.6 Å². The molecule has 0 bridgehead atoms. The highest BCUT2D eigenvalue weighted by molar-refractivity contribution is 5.88. The van der Waals surface area contributed by atoms with Crippen LogP contribution in [0.1, 0.15) is 31.7 Å². The van der Waals surface area contributed by atoms with Gasteiger partial charge in [-0.25, -0.2) is 9.38 Å². The Balaban J connectivity index is 1.76. The van der Waals surface area contributed by atoms with Crippen molar-refractivity contribution in [3.05, 3.63) is 54.1 Å². The first kappa shape index (κ1) is 15.3. The largest absolute Gasteiger partial charge is 0.386 e. The average Bonchev–Trinajstić information content (AvgIpc) is 2.88. The van der Waals surface area contributed by atoms with Gasteiger partial charge in [-0.15, -0.1) is 0 Å². The van der Waals surface area contributed by atoms with Gasteiger partial charge in [0, 0.05) is 18.3 Å². The summed E-state index contributed by atoms with van der Waals surface area (Å²) in [5, 5.41) is 0. The number of hydrogen-bond donors (Lipinski definition) is 1. The molecule has 3 heterocycles. The molecule has 4 nitrogen and oxygen atoms in total. The third-order valence-electron chi connectivity index (χ3n) is 5.20. The second kappa shape index (κ2) is 5.67. The minimum atomic E-state index is -0.452.